The minimum absolute atomic E-state index is 0.597. The van der Waals surface area contributed by atoms with Crippen LogP contribution in [0.1, 0.15) is 65.7 Å². The Labute approximate surface area is 114 Å². The molecule has 2 fully saturated rings. The van der Waals surface area contributed by atoms with Gasteiger partial charge in [-0.25, -0.2) is 0 Å². The Hall–Kier alpha value is -0.0800. The van der Waals surface area contributed by atoms with Crippen LogP contribution in [0.15, 0.2) is 0 Å². The highest BCUT2D eigenvalue weighted by Gasteiger charge is 2.31. The highest BCUT2D eigenvalue weighted by atomic mass is 15.2. The van der Waals surface area contributed by atoms with Crippen molar-refractivity contribution in [2.45, 2.75) is 77.8 Å². The second-order valence-corrected chi connectivity index (χ2v) is 7.18. The predicted octanol–water partition coefficient (Wildman–Crippen LogP) is 3.42. The van der Waals surface area contributed by atoms with Gasteiger partial charge in [-0.1, -0.05) is 20.8 Å². The summed E-state index contributed by atoms with van der Waals surface area (Å²) in [4.78, 5) is 2.79. The lowest BCUT2D eigenvalue weighted by molar-refractivity contribution is 0.0995. The number of nitrogens with one attached hydrogen (secondary N) is 1. The number of hydrogen-bond acceptors (Lipinski definition) is 2. The van der Waals surface area contributed by atoms with Crippen LogP contribution in [0, 0.1) is 5.41 Å². The molecule has 1 atom stereocenters. The van der Waals surface area contributed by atoms with Crippen LogP contribution >= 0.6 is 0 Å². The van der Waals surface area contributed by atoms with E-state index in [9.17, 15) is 0 Å². The van der Waals surface area contributed by atoms with Crippen molar-refractivity contribution >= 4 is 0 Å². The van der Waals surface area contributed by atoms with Crippen LogP contribution in [0.2, 0.25) is 0 Å². The molecule has 18 heavy (non-hydrogen) atoms. The predicted molar refractivity (Wildman–Crippen MR) is 78.9 cm³/mol. The molecular weight excluding hydrogens is 220 g/mol. The fourth-order valence-corrected chi connectivity index (χ4v) is 3.65. The summed E-state index contributed by atoms with van der Waals surface area (Å²) in [6.45, 7) is 11.0. The molecule has 1 aliphatic heterocycles. The Morgan fingerprint density at radius 2 is 1.89 bits per heavy atom. The fraction of sp³-hybridized carbons (Fsp3) is 1.00. The standard InChI is InChI=1S/C16H32N2/c1-4-12-18(13-14-6-5-11-17-14)15-7-9-16(2,3)10-8-15/h14-15,17H,4-13H2,1-3H3. The van der Waals surface area contributed by atoms with E-state index in [0.29, 0.717) is 5.41 Å². The Balaban J connectivity index is 1.84. The minimum Gasteiger partial charge on any atom is -0.313 e. The van der Waals surface area contributed by atoms with Crippen molar-refractivity contribution in [2.75, 3.05) is 19.6 Å². The Kier molecular flexibility index (Phi) is 5.08. The summed E-state index contributed by atoms with van der Waals surface area (Å²) in [5.74, 6) is 0. The zero-order valence-electron chi connectivity index (χ0n) is 12.7. The summed E-state index contributed by atoms with van der Waals surface area (Å²) < 4.78 is 0. The number of hydrogen-bond donors (Lipinski definition) is 1. The van der Waals surface area contributed by atoms with Crippen LogP contribution in [0.5, 0.6) is 0 Å². The van der Waals surface area contributed by atoms with Crippen molar-refractivity contribution in [2.24, 2.45) is 5.41 Å². The van der Waals surface area contributed by atoms with Crippen LogP contribution in [0.4, 0.5) is 0 Å². The van der Waals surface area contributed by atoms with E-state index in [-0.39, 0.29) is 0 Å². The molecular formula is C16H32N2. The van der Waals surface area contributed by atoms with Gasteiger partial charge in [-0.15, -0.1) is 0 Å². The lowest BCUT2D eigenvalue weighted by Crippen LogP contribution is -2.45. The molecule has 1 N–H and O–H groups in total. The van der Waals surface area contributed by atoms with E-state index >= 15 is 0 Å². The molecule has 2 heteroatoms. The van der Waals surface area contributed by atoms with Gasteiger partial charge in [0, 0.05) is 18.6 Å². The van der Waals surface area contributed by atoms with E-state index in [1.807, 2.05) is 0 Å². The summed E-state index contributed by atoms with van der Waals surface area (Å²) in [6, 6.07) is 1.63. The summed E-state index contributed by atoms with van der Waals surface area (Å²) in [5.41, 5.74) is 0.597. The lowest BCUT2D eigenvalue weighted by Gasteiger charge is -2.41. The second-order valence-electron chi connectivity index (χ2n) is 7.18. The van der Waals surface area contributed by atoms with Crippen molar-refractivity contribution < 1.29 is 0 Å². The van der Waals surface area contributed by atoms with Gasteiger partial charge in [0.15, 0.2) is 0 Å². The normalized spacial score (nSPS) is 29.0. The molecule has 0 radical (unpaired) electrons. The average molecular weight is 252 g/mol. The third kappa shape index (κ3) is 3.96. The maximum Gasteiger partial charge on any atom is 0.0195 e. The molecule has 2 aliphatic rings. The first-order valence-corrected chi connectivity index (χ1v) is 8.08. The van der Waals surface area contributed by atoms with Crippen LogP contribution in [0.25, 0.3) is 0 Å². The number of rotatable bonds is 5. The SMILES string of the molecule is CCCN(CC1CCCN1)C1CCC(C)(C)CC1. The van der Waals surface area contributed by atoms with Gasteiger partial charge in [0.2, 0.25) is 0 Å². The van der Waals surface area contributed by atoms with Crippen molar-refractivity contribution in [3.05, 3.63) is 0 Å². The maximum atomic E-state index is 3.66. The molecule has 1 unspecified atom stereocenters. The van der Waals surface area contributed by atoms with Crippen molar-refractivity contribution in [3.8, 4) is 0 Å². The highest BCUT2D eigenvalue weighted by molar-refractivity contribution is 4.86. The largest absolute Gasteiger partial charge is 0.313 e. The van der Waals surface area contributed by atoms with Gasteiger partial charge in [-0.2, -0.15) is 0 Å². The third-order valence-electron chi connectivity index (χ3n) is 4.95. The Morgan fingerprint density at radius 3 is 2.44 bits per heavy atom. The van der Waals surface area contributed by atoms with E-state index in [4.69, 9.17) is 0 Å². The third-order valence-corrected chi connectivity index (χ3v) is 4.95. The quantitative estimate of drug-likeness (QED) is 0.806. The van der Waals surface area contributed by atoms with E-state index in [0.717, 1.165) is 12.1 Å². The Bertz CT molecular complexity index is 233. The molecule has 1 saturated carbocycles. The van der Waals surface area contributed by atoms with Gasteiger partial charge in [0.05, 0.1) is 0 Å². The van der Waals surface area contributed by atoms with Gasteiger partial charge in [0.25, 0.3) is 0 Å². The van der Waals surface area contributed by atoms with E-state index < -0.39 is 0 Å². The van der Waals surface area contributed by atoms with Gasteiger partial charge in [-0.3, -0.25) is 4.90 Å². The molecule has 1 heterocycles. The summed E-state index contributed by atoms with van der Waals surface area (Å²) in [6.07, 6.45) is 9.72. The number of nitrogens with zero attached hydrogens (tertiary/aromatic N) is 1. The molecule has 1 aliphatic carbocycles. The molecule has 0 bridgehead atoms. The molecule has 0 aromatic heterocycles. The molecule has 1 saturated heterocycles. The summed E-state index contributed by atoms with van der Waals surface area (Å²) in [5, 5.41) is 3.66. The molecule has 0 amide bonds. The van der Waals surface area contributed by atoms with E-state index in [1.165, 1.54) is 64.6 Å². The monoisotopic (exact) mass is 252 g/mol. The van der Waals surface area contributed by atoms with Crippen LogP contribution < -0.4 is 5.32 Å². The zero-order chi connectivity index (χ0) is 13.0. The van der Waals surface area contributed by atoms with Crippen molar-refractivity contribution in [1.82, 2.24) is 10.2 Å². The first-order valence-electron chi connectivity index (χ1n) is 8.08. The average Bonchev–Trinajstić information content (AvgIpc) is 2.81. The molecule has 0 spiro atoms. The van der Waals surface area contributed by atoms with Crippen LogP contribution in [-0.2, 0) is 0 Å². The minimum atomic E-state index is 0.597. The van der Waals surface area contributed by atoms with E-state index in [2.05, 4.69) is 31.0 Å². The molecule has 2 nitrogen and oxygen atoms in total. The zero-order valence-corrected chi connectivity index (χ0v) is 12.7. The smallest absolute Gasteiger partial charge is 0.0195 e. The first kappa shape index (κ1) is 14.3. The lowest BCUT2D eigenvalue weighted by atomic mass is 9.75. The van der Waals surface area contributed by atoms with Crippen LogP contribution in [-0.4, -0.2) is 36.6 Å². The first-order chi connectivity index (χ1) is 8.61. The molecule has 0 aromatic rings. The van der Waals surface area contributed by atoms with E-state index in [1.54, 1.807) is 0 Å². The molecule has 0 aromatic carbocycles. The van der Waals surface area contributed by atoms with Gasteiger partial charge in [0.1, 0.15) is 0 Å². The Morgan fingerprint density at radius 1 is 1.17 bits per heavy atom. The summed E-state index contributed by atoms with van der Waals surface area (Å²) >= 11 is 0. The molecule has 106 valence electrons. The fourth-order valence-electron chi connectivity index (χ4n) is 3.65. The topological polar surface area (TPSA) is 15.3 Å². The highest BCUT2D eigenvalue weighted by Crippen LogP contribution is 2.37. The second kappa shape index (κ2) is 6.38. The maximum absolute atomic E-state index is 3.66. The van der Waals surface area contributed by atoms with Gasteiger partial charge in [-0.05, 0) is 63.5 Å². The molecule has 2 rings (SSSR count). The van der Waals surface area contributed by atoms with Crippen LogP contribution in [0.3, 0.4) is 0 Å². The summed E-state index contributed by atoms with van der Waals surface area (Å²) in [7, 11) is 0. The van der Waals surface area contributed by atoms with Gasteiger partial charge >= 0.3 is 0 Å². The van der Waals surface area contributed by atoms with Crippen molar-refractivity contribution in [1.29, 1.82) is 0 Å². The van der Waals surface area contributed by atoms with Gasteiger partial charge < -0.3 is 5.32 Å². The van der Waals surface area contributed by atoms with Crippen molar-refractivity contribution in [3.63, 3.8) is 0 Å².